The molecule has 0 saturated heterocycles. The van der Waals surface area contributed by atoms with E-state index >= 15 is 0 Å². The van der Waals surface area contributed by atoms with Crippen LogP contribution in [0.2, 0.25) is 0 Å². The van der Waals surface area contributed by atoms with E-state index in [0.29, 0.717) is 0 Å². The maximum Gasteiger partial charge on any atom is 0.187 e. The van der Waals surface area contributed by atoms with Crippen molar-refractivity contribution in [2.45, 2.75) is 0 Å². The topological polar surface area (TPSA) is 63.8 Å². The monoisotopic (exact) mass is 268 g/mol. The van der Waals surface area contributed by atoms with Gasteiger partial charge in [-0.2, -0.15) is 0 Å². The van der Waals surface area contributed by atoms with Gasteiger partial charge in [0.25, 0.3) is 0 Å². The number of nitrogen functional groups attached to an aromatic ring is 1. The fourth-order valence-corrected chi connectivity index (χ4v) is 2.42. The quantitative estimate of drug-likeness (QED) is 0.713. The summed E-state index contributed by atoms with van der Waals surface area (Å²) >= 11 is 1.56. The molecule has 0 aliphatic heterocycles. The van der Waals surface area contributed by atoms with E-state index in [2.05, 4.69) is 15.3 Å². The Morgan fingerprint density at radius 2 is 1.95 bits per heavy atom. The third-order valence-corrected chi connectivity index (χ3v) is 3.38. The molecule has 0 radical (unpaired) electrons. The number of aromatic nitrogens is 2. The van der Waals surface area contributed by atoms with E-state index in [-0.39, 0.29) is 0 Å². The molecule has 0 spiro atoms. The van der Waals surface area contributed by atoms with Gasteiger partial charge in [-0.1, -0.05) is 12.1 Å². The Morgan fingerprint density at radius 1 is 1.11 bits per heavy atom. The summed E-state index contributed by atoms with van der Waals surface area (Å²) in [7, 11) is 0. The highest BCUT2D eigenvalue weighted by Gasteiger charge is 2.04. The van der Waals surface area contributed by atoms with Crippen LogP contribution in [0, 0.1) is 0 Å². The fraction of sp³-hybridized carbons (Fsp3) is 0. The Morgan fingerprint density at radius 3 is 2.68 bits per heavy atom. The summed E-state index contributed by atoms with van der Waals surface area (Å²) in [5.74, 6) is 0. The summed E-state index contributed by atoms with van der Waals surface area (Å²) in [5, 5.41) is 6.09. The molecule has 1 aromatic carbocycles. The lowest BCUT2D eigenvalue weighted by Gasteiger charge is -2.00. The van der Waals surface area contributed by atoms with Crippen LogP contribution in [-0.2, 0) is 0 Å². The zero-order valence-corrected chi connectivity index (χ0v) is 10.9. The summed E-state index contributed by atoms with van der Waals surface area (Å²) in [4.78, 5) is 8.60. The van der Waals surface area contributed by atoms with Crippen LogP contribution in [0.3, 0.4) is 0 Å². The van der Waals surface area contributed by atoms with Crippen molar-refractivity contribution in [2.24, 2.45) is 0 Å². The molecule has 0 unspecified atom stereocenters. The number of hydrogen-bond donors (Lipinski definition) is 2. The number of anilines is 3. The first-order chi connectivity index (χ1) is 9.31. The van der Waals surface area contributed by atoms with E-state index in [9.17, 15) is 0 Å². The Hall–Kier alpha value is -2.40. The standard InChI is InChI=1S/C14H12N4S/c15-11-5-3-10(4-6-11)13-9-19-14(18-13)17-12-2-1-7-16-8-12/h1-9H,15H2,(H,17,18). The van der Waals surface area contributed by atoms with Crippen molar-refractivity contribution in [3.8, 4) is 11.3 Å². The number of pyridine rings is 1. The highest BCUT2D eigenvalue weighted by atomic mass is 32.1. The smallest absolute Gasteiger partial charge is 0.187 e. The minimum Gasteiger partial charge on any atom is -0.399 e. The molecule has 19 heavy (non-hydrogen) atoms. The van der Waals surface area contributed by atoms with E-state index in [4.69, 9.17) is 5.73 Å². The Bertz CT molecular complexity index is 661. The van der Waals surface area contributed by atoms with E-state index < -0.39 is 0 Å². The first-order valence-electron chi connectivity index (χ1n) is 5.80. The molecule has 0 amide bonds. The molecule has 4 nitrogen and oxygen atoms in total. The molecule has 3 rings (SSSR count). The zero-order valence-electron chi connectivity index (χ0n) is 10.1. The molecule has 0 aliphatic carbocycles. The molecule has 0 fully saturated rings. The molecule has 3 N–H and O–H groups in total. The molecule has 2 aromatic heterocycles. The number of benzene rings is 1. The maximum absolute atomic E-state index is 5.68. The number of nitrogens with zero attached hydrogens (tertiary/aromatic N) is 2. The highest BCUT2D eigenvalue weighted by Crippen LogP contribution is 2.27. The van der Waals surface area contributed by atoms with Gasteiger partial charge in [-0.05, 0) is 24.3 Å². The number of rotatable bonds is 3. The minimum atomic E-state index is 0.757. The summed E-state index contributed by atoms with van der Waals surface area (Å²) in [6, 6.07) is 11.5. The van der Waals surface area contributed by atoms with Crippen molar-refractivity contribution in [3.05, 3.63) is 54.2 Å². The molecule has 5 heteroatoms. The van der Waals surface area contributed by atoms with Crippen molar-refractivity contribution >= 4 is 27.8 Å². The maximum atomic E-state index is 5.68. The predicted molar refractivity (Wildman–Crippen MR) is 79.5 cm³/mol. The lowest BCUT2D eigenvalue weighted by atomic mass is 10.1. The third kappa shape index (κ3) is 2.71. The van der Waals surface area contributed by atoms with E-state index in [1.807, 2.05) is 41.8 Å². The van der Waals surface area contributed by atoms with E-state index in [1.54, 1.807) is 23.7 Å². The van der Waals surface area contributed by atoms with Gasteiger partial charge in [0, 0.05) is 22.8 Å². The summed E-state index contributed by atoms with van der Waals surface area (Å²) in [6.45, 7) is 0. The molecule has 0 bridgehead atoms. The normalized spacial score (nSPS) is 10.3. The van der Waals surface area contributed by atoms with Gasteiger partial charge in [0.15, 0.2) is 5.13 Å². The van der Waals surface area contributed by atoms with E-state index in [0.717, 1.165) is 27.8 Å². The van der Waals surface area contributed by atoms with Crippen LogP contribution in [0.5, 0.6) is 0 Å². The van der Waals surface area contributed by atoms with Crippen LogP contribution in [0.25, 0.3) is 11.3 Å². The minimum absolute atomic E-state index is 0.757. The van der Waals surface area contributed by atoms with Crippen LogP contribution >= 0.6 is 11.3 Å². The van der Waals surface area contributed by atoms with Crippen LogP contribution in [0.4, 0.5) is 16.5 Å². The molecule has 3 aromatic rings. The second-order valence-electron chi connectivity index (χ2n) is 4.03. The number of hydrogen-bond acceptors (Lipinski definition) is 5. The highest BCUT2D eigenvalue weighted by molar-refractivity contribution is 7.14. The first kappa shape index (κ1) is 11.7. The Labute approximate surface area is 115 Å². The Balaban J connectivity index is 1.82. The van der Waals surface area contributed by atoms with Gasteiger partial charge in [0.1, 0.15) is 0 Å². The molecular formula is C14H12N4S. The van der Waals surface area contributed by atoms with Gasteiger partial charge in [-0.3, -0.25) is 4.98 Å². The number of nitrogens with one attached hydrogen (secondary N) is 1. The molecule has 94 valence electrons. The van der Waals surface area contributed by atoms with Crippen LogP contribution < -0.4 is 11.1 Å². The number of nitrogens with two attached hydrogens (primary N) is 1. The van der Waals surface area contributed by atoms with Crippen molar-refractivity contribution in [1.29, 1.82) is 0 Å². The lowest BCUT2D eigenvalue weighted by Crippen LogP contribution is -1.90. The van der Waals surface area contributed by atoms with Crippen LogP contribution in [-0.4, -0.2) is 9.97 Å². The molecule has 0 atom stereocenters. The second kappa shape index (κ2) is 5.07. The van der Waals surface area contributed by atoms with Crippen molar-refractivity contribution < 1.29 is 0 Å². The molecule has 0 saturated carbocycles. The fourth-order valence-electron chi connectivity index (χ4n) is 1.68. The van der Waals surface area contributed by atoms with Crippen LogP contribution in [0.15, 0.2) is 54.2 Å². The van der Waals surface area contributed by atoms with Gasteiger partial charge >= 0.3 is 0 Å². The van der Waals surface area contributed by atoms with Gasteiger partial charge in [-0.25, -0.2) is 4.98 Å². The first-order valence-corrected chi connectivity index (χ1v) is 6.68. The zero-order chi connectivity index (χ0) is 13.1. The molecular weight excluding hydrogens is 256 g/mol. The summed E-state index contributed by atoms with van der Waals surface area (Å²) < 4.78 is 0. The predicted octanol–water partition coefficient (Wildman–Crippen LogP) is 3.53. The van der Waals surface area contributed by atoms with Gasteiger partial charge in [0.2, 0.25) is 0 Å². The summed E-state index contributed by atoms with van der Waals surface area (Å²) in [6.07, 6.45) is 3.51. The van der Waals surface area contributed by atoms with Crippen molar-refractivity contribution in [3.63, 3.8) is 0 Å². The SMILES string of the molecule is Nc1ccc(-c2csc(Nc3cccnc3)n2)cc1. The average Bonchev–Trinajstić information content (AvgIpc) is 2.89. The van der Waals surface area contributed by atoms with Gasteiger partial charge < -0.3 is 11.1 Å². The number of thiazole rings is 1. The molecule has 2 heterocycles. The third-order valence-electron chi connectivity index (χ3n) is 2.62. The lowest BCUT2D eigenvalue weighted by molar-refractivity contribution is 1.31. The van der Waals surface area contributed by atoms with Crippen molar-refractivity contribution in [1.82, 2.24) is 9.97 Å². The summed E-state index contributed by atoms with van der Waals surface area (Å²) in [5.41, 5.74) is 9.36. The van der Waals surface area contributed by atoms with Gasteiger partial charge in [-0.15, -0.1) is 11.3 Å². The van der Waals surface area contributed by atoms with Crippen molar-refractivity contribution in [2.75, 3.05) is 11.1 Å². The van der Waals surface area contributed by atoms with E-state index in [1.165, 1.54) is 0 Å². The molecule has 0 aliphatic rings. The second-order valence-corrected chi connectivity index (χ2v) is 4.88. The van der Waals surface area contributed by atoms with Crippen LogP contribution in [0.1, 0.15) is 0 Å². The average molecular weight is 268 g/mol. The largest absolute Gasteiger partial charge is 0.399 e. The van der Waals surface area contributed by atoms with Gasteiger partial charge in [0.05, 0.1) is 17.6 Å². The Kier molecular flexibility index (Phi) is 3.12.